The average molecular weight is 257 g/mol. The Balaban J connectivity index is 2.12. The van der Waals surface area contributed by atoms with Crippen LogP contribution in [-0.2, 0) is 6.61 Å². The van der Waals surface area contributed by atoms with Crippen LogP contribution >= 0.6 is 0 Å². The summed E-state index contributed by atoms with van der Waals surface area (Å²) in [5.41, 5.74) is 3.01. The first-order valence-corrected chi connectivity index (χ1v) is 5.95. The van der Waals surface area contributed by atoms with Gasteiger partial charge < -0.3 is 9.84 Å². The number of aryl methyl sites for hydroxylation is 2. The van der Waals surface area contributed by atoms with Crippen LogP contribution in [0.4, 0.5) is 0 Å². The van der Waals surface area contributed by atoms with E-state index >= 15 is 0 Å². The molecule has 0 amide bonds. The quantitative estimate of drug-likeness (QED) is 0.914. The number of carboxylic acids is 1. The van der Waals surface area contributed by atoms with Crippen molar-refractivity contribution in [2.24, 2.45) is 0 Å². The van der Waals surface area contributed by atoms with Gasteiger partial charge in [0.05, 0.1) is 11.3 Å². The zero-order chi connectivity index (χ0) is 13.8. The molecule has 0 spiro atoms. The van der Waals surface area contributed by atoms with Crippen LogP contribution < -0.4 is 4.74 Å². The molecule has 0 aliphatic rings. The van der Waals surface area contributed by atoms with Crippen LogP contribution in [0.3, 0.4) is 0 Å². The molecular formula is C15H15NO3. The van der Waals surface area contributed by atoms with Crippen molar-refractivity contribution in [2.45, 2.75) is 20.5 Å². The summed E-state index contributed by atoms with van der Waals surface area (Å²) in [4.78, 5) is 15.1. The summed E-state index contributed by atoms with van der Waals surface area (Å²) in [7, 11) is 0. The van der Waals surface area contributed by atoms with E-state index in [1.165, 1.54) is 6.07 Å². The van der Waals surface area contributed by atoms with Crippen LogP contribution in [0.5, 0.6) is 5.75 Å². The van der Waals surface area contributed by atoms with Crippen molar-refractivity contribution in [3.8, 4) is 5.75 Å². The monoisotopic (exact) mass is 257 g/mol. The molecule has 0 fully saturated rings. The number of carboxylic acid groups (broad SMARTS) is 1. The van der Waals surface area contributed by atoms with Gasteiger partial charge in [-0.2, -0.15) is 0 Å². The van der Waals surface area contributed by atoms with Gasteiger partial charge in [-0.15, -0.1) is 0 Å². The van der Waals surface area contributed by atoms with Gasteiger partial charge in [-0.05, 0) is 49.2 Å². The lowest BCUT2D eigenvalue weighted by Gasteiger charge is -2.10. The third-order valence-electron chi connectivity index (χ3n) is 2.90. The highest BCUT2D eigenvalue weighted by Crippen LogP contribution is 2.20. The van der Waals surface area contributed by atoms with Crippen molar-refractivity contribution in [3.63, 3.8) is 0 Å². The van der Waals surface area contributed by atoms with Crippen molar-refractivity contribution in [1.29, 1.82) is 0 Å². The topological polar surface area (TPSA) is 59.4 Å². The lowest BCUT2D eigenvalue weighted by Crippen LogP contribution is -2.03. The molecule has 0 aliphatic heterocycles. The van der Waals surface area contributed by atoms with E-state index in [1.807, 2.05) is 26.0 Å². The van der Waals surface area contributed by atoms with E-state index in [4.69, 9.17) is 9.84 Å². The Morgan fingerprint density at radius 1 is 1.26 bits per heavy atom. The zero-order valence-corrected chi connectivity index (χ0v) is 10.9. The molecule has 0 bridgehead atoms. The van der Waals surface area contributed by atoms with E-state index in [-0.39, 0.29) is 5.56 Å². The van der Waals surface area contributed by atoms with E-state index in [1.54, 1.807) is 18.3 Å². The fraction of sp³-hybridized carbons (Fsp3) is 0.200. The maximum absolute atomic E-state index is 10.8. The number of hydrogen-bond acceptors (Lipinski definition) is 3. The highest BCUT2D eigenvalue weighted by molar-refractivity contribution is 5.88. The fourth-order valence-corrected chi connectivity index (χ4v) is 1.76. The number of carbonyl (C=O) groups is 1. The minimum absolute atomic E-state index is 0.263. The minimum Gasteiger partial charge on any atom is -0.487 e. The molecule has 0 saturated heterocycles. The molecule has 2 aromatic rings. The summed E-state index contributed by atoms with van der Waals surface area (Å²) in [6.45, 7) is 4.18. The molecule has 1 aromatic heterocycles. The van der Waals surface area contributed by atoms with Crippen molar-refractivity contribution in [1.82, 2.24) is 4.98 Å². The molecule has 2 rings (SSSR count). The van der Waals surface area contributed by atoms with E-state index in [0.29, 0.717) is 12.4 Å². The summed E-state index contributed by atoms with van der Waals surface area (Å²) in [5.74, 6) is -0.259. The van der Waals surface area contributed by atoms with Gasteiger partial charge in [0.15, 0.2) is 0 Å². The van der Waals surface area contributed by atoms with Crippen molar-refractivity contribution in [3.05, 3.63) is 58.9 Å². The van der Waals surface area contributed by atoms with Crippen LogP contribution in [0.1, 0.15) is 27.2 Å². The smallest absolute Gasteiger partial charge is 0.335 e. The molecule has 19 heavy (non-hydrogen) atoms. The lowest BCUT2D eigenvalue weighted by molar-refractivity contribution is 0.0696. The van der Waals surface area contributed by atoms with Crippen LogP contribution in [0.2, 0.25) is 0 Å². The van der Waals surface area contributed by atoms with Crippen LogP contribution in [0.15, 0.2) is 36.5 Å². The standard InChI is InChI=1S/C15H15NO3/c1-10-4-3-7-16-13(10)9-19-14-6-5-12(15(17)18)8-11(14)2/h3-8H,9H2,1-2H3,(H,17,18). The second-order valence-electron chi connectivity index (χ2n) is 4.34. The molecular weight excluding hydrogens is 242 g/mol. The molecule has 0 atom stereocenters. The molecule has 1 aromatic carbocycles. The Morgan fingerprint density at radius 3 is 2.68 bits per heavy atom. The van der Waals surface area contributed by atoms with Crippen molar-refractivity contribution in [2.75, 3.05) is 0 Å². The molecule has 98 valence electrons. The number of aromatic nitrogens is 1. The van der Waals surface area contributed by atoms with E-state index in [2.05, 4.69) is 4.98 Å². The molecule has 0 saturated carbocycles. The first kappa shape index (κ1) is 13.1. The summed E-state index contributed by atoms with van der Waals surface area (Å²) in [6, 6.07) is 8.67. The largest absolute Gasteiger partial charge is 0.487 e. The molecule has 0 unspecified atom stereocenters. The number of ether oxygens (including phenoxy) is 1. The molecule has 0 radical (unpaired) electrons. The van der Waals surface area contributed by atoms with Gasteiger partial charge in [-0.1, -0.05) is 6.07 Å². The van der Waals surface area contributed by atoms with E-state index in [9.17, 15) is 4.79 Å². The first-order valence-electron chi connectivity index (χ1n) is 5.95. The number of rotatable bonds is 4. The van der Waals surface area contributed by atoms with Gasteiger partial charge in [-0.25, -0.2) is 4.79 Å². The van der Waals surface area contributed by atoms with Crippen LogP contribution in [-0.4, -0.2) is 16.1 Å². The Kier molecular flexibility index (Phi) is 3.80. The number of pyridine rings is 1. The van der Waals surface area contributed by atoms with Gasteiger partial charge in [-0.3, -0.25) is 4.98 Å². The summed E-state index contributed by atoms with van der Waals surface area (Å²) in [5, 5.41) is 8.89. The van der Waals surface area contributed by atoms with Crippen molar-refractivity contribution >= 4 is 5.97 Å². The highest BCUT2D eigenvalue weighted by Gasteiger charge is 2.07. The third kappa shape index (κ3) is 3.10. The van der Waals surface area contributed by atoms with Gasteiger partial charge in [0.25, 0.3) is 0 Å². The molecule has 1 N–H and O–H groups in total. The predicted molar refractivity (Wildman–Crippen MR) is 71.4 cm³/mol. The second kappa shape index (κ2) is 5.52. The van der Waals surface area contributed by atoms with E-state index < -0.39 is 5.97 Å². The predicted octanol–water partition coefficient (Wildman–Crippen LogP) is 2.98. The Bertz CT molecular complexity index is 608. The normalized spacial score (nSPS) is 10.2. The van der Waals surface area contributed by atoms with Crippen LogP contribution in [0.25, 0.3) is 0 Å². The number of aromatic carboxylic acids is 1. The Hall–Kier alpha value is -2.36. The average Bonchev–Trinajstić information content (AvgIpc) is 2.39. The number of nitrogens with zero attached hydrogens (tertiary/aromatic N) is 1. The van der Waals surface area contributed by atoms with E-state index in [0.717, 1.165) is 16.8 Å². The van der Waals surface area contributed by atoms with Gasteiger partial charge in [0, 0.05) is 6.20 Å². The third-order valence-corrected chi connectivity index (χ3v) is 2.90. The lowest BCUT2D eigenvalue weighted by atomic mass is 10.1. The highest BCUT2D eigenvalue weighted by atomic mass is 16.5. The molecule has 4 heteroatoms. The van der Waals surface area contributed by atoms with Gasteiger partial charge in [0.1, 0.15) is 12.4 Å². The minimum atomic E-state index is -0.935. The molecule has 1 heterocycles. The SMILES string of the molecule is Cc1cc(C(=O)O)ccc1OCc1ncccc1C. The van der Waals surface area contributed by atoms with Crippen LogP contribution in [0, 0.1) is 13.8 Å². The van der Waals surface area contributed by atoms with Gasteiger partial charge >= 0.3 is 5.97 Å². The molecule has 0 aliphatic carbocycles. The maximum atomic E-state index is 10.8. The number of hydrogen-bond donors (Lipinski definition) is 1. The number of benzene rings is 1. The molecule has 4 nitrogen and oxygen atoms in total. The van der Waals surface area contributed by atoms with Gasteiger partial charge in [0.2, 0.25) is 0 Å². The second-order valence-corrected chi connectivity index (χ2v) is 4.34. The summed E-state index contributed by atoms with van der Waals surface area (Å²) in [6.07, 6.45) is 1.73. The summed E-state index contributed by atoms with van der Waals surface area (Å²) >= 11 is 0. The summed E-state index contributed by atoms with van der Waals surface area (Å²) < 4.78 is 5.68. The van der Waals surface area contributed by atoms with Crippen molar-refractivity contribution < 1.29 is 14.6 Å². The first-order chi connectivity index (χ1) is 9.08. The Morgan fingerprint density at radius 2 is 2.05 bits per heavy atom. The zero-order valence-electron chi connectivity index (χ0n) is 10.9. The maximum Gasteiger partial charge on any atom is 0.335 e. The Labute approximate surface area is 111 Å². The fourth-order valence-electron chi connectivity index (χ4n) is 1.76.